The lowest BCUT2D eigenvalue weighted by Crippen LogP contribution is -2.32. The minimum Gasteiger partial charge on any atom is -0.299 e. The molecule has 1 aliphatic rings. The zero-order valence-corrected chi connectivity index (χ0v) is 12.4. The highest BCUT2D eigenvalue weighted by molar-refractivity contribution is 5.39. The molecule has 0 saturated carbocycles. The molecule has 1 atom stereocenters. The van der Waals surface area contributed by atoms with Crippen LogP contribution in [0.5, 0.6) is 0 Å². The standard InChI is InChI=1S/C19H20N2/c1-21-14-18-11-16(13-20)7-8-17(18)9-10-19(21)12-15-5-3-2-4-6-15/h2-8,11,19H,9-10,12,14H2,1H3/t19-/m0/s1. The first-order valence-electron chi connectivity index (χ1n) is 7.52. The first-order valence-corrected chi connectivity index (χ1v) is 7.52. The summed E-state index contributed by atoms with van der Waals surface area (Å²) in [5, 5.41) is 9.06. The van der Waals surface area contributed by atoms with Crippen LogP contribution in [0.3, 0.4) is 0 Å². The summed E-state index contributed by atoms with van der Waals surface area (Å²) in [6.07, 6.45) is 3.36. The Kier molecular flexibility index (Phi) is 4.03. The summed E-state index contributed by atoms with van der Waals surface area (Å²) in [5.74, 6) is 0. The molecule has 106 valence electrons. The highest BCUT2D eigenvalue weighted by Gasteiger charge is 2.21. The lowest BCUT2D eigenvalue weighted by molar-refractivity contribution is 0.229. The van der Waals surface area contributed by atoms with E-state index in [1.54, 1.807) is 0 Å². The molecule has 3 rings (SSSR count). The smallest absolute Gasteiger partial charge is 0.0991 e. The van der Waals surface area contributed by atoms with Crippen molar-refractivity contribution in [2.24, 2.45) is 0 Å². The van der Waals surface area contributed by atoms with E-state index < -0.39 is 0 Å². The molecule has 2 aromatic rings. The molecule has 2 aromatic carbocycles. The predicted molar refractivity (Wildman–Crippen MR) is 84.9 cm³/mol. The van der Waals surface area contributed by atoms with Crippen molar-refractivity contribution in [1.29, 1.82) is 5.26 Å². The van der Waals surface area contributed by atoms with E-state index in [-0.39, 0.29) is 0 Å². The molecule has 0 bridgehead atoms. The molecule has 1 aliphatic heterocycles. The molecule has 0 radical (unpaired) electrons. The van der Waals surface area contributed by atoms with Crippen molar-refractivity contribution in [2.75, 3.05) is 7.05 Å². The lowest BCUT2D eigenvalue weighted by Gasteiger charge is -2.26. The molecule has 0 N–H and O–H groups in total. The summed E-state index contributed by atoms with van der Waals surface area (Å²) in [6, 6.07) is 19.6. The Morgan fingerprint density at radius 3 is 2.71 bits per heavy atom. The monoisotopic (exact) mass is 276 g/mol. The quantitative estimate of drug-likeness (QED) is 0.838. The Hall–Kier alpha value is -2.11. The topological polar surface area (TPSA) is 27.0 Å². The van der Waals surface area contributed by atoms with E-state index in [1.165, 1.54) is 23.1 Å². The highest BCUT2D eigenvalue weighted by atomic mass is 15.1. The van der Waals surface area contributed by atoms with Gasteiger partial charge in [-0.2, -0.15) is 5.26 Å². The fourth-order valence-corrected chi connectivity index (χ4v) is 3.17. The molecular weight excluding hydrogens is 256 g/mol. The van der Waals surface area contributed by atoms with Crippen LogP contribution >= 0.6 is 0 Å². The van der Waals surface area contributed by atoms with E-state index in [1.807, 2.05) is 6.07 Å². The summed E-state index contributed by atoms with van der Waals surface area (Å²) in [7, 11) is 2.20. The molecule has 0 fully saturated rings. The maximum absolute atomic E-state index is 9.06. The van der Waals surface area contributed by atoms with Crippen LogP contribution in [-0.2, 0) is 19.4 Å². The van der Waals surface area contributed by atoms with Gasteiger partial charge in [-0.1, -0.05) is 36.4 Å². The molecule has 0 unspecified atom stereocenters. The molecule has 1 heterocycles. The first kappa shape index (κ1) is 13.9. The van der Waals surface area contributed by atoms with Gasteiger partial charge in [0.1, 0.15) is 0 Å². The van der Waals surface area contributed by atoms with Gasteiger partial charge in [0.05, 0.1) is 11.6 Å². The highest BCUT2D eigenvalue weighted by Crippen LogP contribution is 2.24. The fraction of sp³-hybridized carbons (Fsp3) is 0.316. The zero-order chi connectivity index (χ0) is 14.7. The van der Waals surface area contributed by atoms with E-state index in [2.05, 4.69) is 60.5 Å². The summed E-state index contributed by atoms with van der Waals surface area (Å²) >= 11 is 0. The normalized spacial score (nSPS) is 18.6. The van der Waals surface area contributed by atoms with Crippen LogP contribution in [0, 0.1) is 11.3 Å². The van der Waals surface area contributed by atoms with Gasteiger partial charge in [0.25, 0.3) is 0 Å². The van der Waals surface area contributed by atoms with Gasteiger partial charge in [-0.3, -0.25) is 4.90 Å². The molecule has 0 aromatic heterocycles. The number of hydrogen-bond acceptors (Lipinski definition) is 2. The lowest BCUT2D eigenvalue weighted by atomic mass is 9.98. The van der Waals surface area contributed by atoms with E-state index in [4.69, 9.17) is 5.26 Å². The van der Waals surface area contributed by atoms with Crippen molar-refractivity contribution in [2.45, 2.75) is 31.8 Å². The van der Waals surface area contributed by atoms with Crippen LogP contribution in [0.4, 0.5) is 0 Å². The van der Waals surface area contributed by atoms with E-state index in [9.17, 15) is 0 Å². The third-order valence-corrected chi connectivity index (χ3v) is 4.44. The molecule has 0 saturated heterocycles. The van der Waals surface area contributed by atoms with Crippen LogP contribution in [-0.4, -0.2) is 18.0 Å². The fourth-order valence-electron chi connectivity index (χ4n) is 3.17. The minimum atomic E-state index is 0.560. The number of likely N-dealkylation sites (N-methyl/N-ethyl adjacent to an activating group) is 1. The Morgan fingerprint density at radius 1 is 1.14 bits per heavy atom. The summed E-state index contributed by atoms with van der Waals surface area (Å²) < 4.78 is 0. The van der Waals surface area contributed by atoms with Gasteiger partial charge in [0.15, 0.2) is 0 Å². The molecule has 0 spiro atoms. The third-order valence-electron chi connectivity index (χ3n) is 4.44. The number of benzene rings is 2. The number of nitrogens with zero attached hydrogens (tertiary/aromatic N) is 2. The minimum absolute atomic E-state index is 0.560. The largest absolute Gasteiger partial charge is 0.299 e. The maximum atomic E-state index is 9.06. The van der Waals surface area contributed by atoms with Gasteiger partial charge in [-0.05, 0) is 55.1 Å². The number of rotatable bonds is 2. The van der Waals surface area contributed by atoms with Crippen molar-refractivity contribution in [1.82, 2.24) is 4.90 Å². The predicted octanol–water partition coefficient (Wildman–Crippen LogP) is 3.55. The molecule has 2 nitrogen and oxygen atoms in total. The SMILES string of the molecule is CN1Cc2cc(C#N)ccc2CC[C@H]1Cc1ccccc1. The van der Waals surface area contributed by atoms with Gasteiger partial charge in [-0.15, -0.1) is 0 Å². The molecule has 0 aliphatic carbocycles. The van der Waals surface area contributed by atoms with Crippen LogP contribution in [0.1, 0.15) is 28.7 Å². The Labute approximate surface area is 126 Å². The summed E-state index contributed by atoms with van der Waals surface area (Å²) in [4.78, 5) is 2.43. The van der Waals surface area contributed by atoms with Crippen molar-refractivity contribution >= 4 is 0 Å². The molecule has 21 heavy (non-hydrogen) atoms. The Morgan fingerprint density at radius 2 is 1.95 bits per heavy atom. The first-order chi connectivity index (χ1) is 10.3. The Bertz CT molecular complexity index is 655. The maximum Gasteiger partial charge on any atom is 0.0991 e. The van der Waals surface area contributed by atoms with Crippen molar-refractivity contribution in [3.8, 4) is 6.07 Å². The number of nitriles is 1. The van der Waals surface area contributed by atoms with Crippen molar-refractivity contribution in [3.05, 3.63) is 70.8 Å². The second-order valence-corrected chi connectivity index (χ2v) is 5.89. The van der Waals surface area contributed by atoms with Gasteiger partial charge < -0.3 is 0 Å². The summed E-state index contributed by atoms with van der Waals surface area (Å²) in [6.45, 7) is 0.933. The third kappa shape index (κ3) is 3.15. The van der Waals surface area contributed by atoms with Crippen LogP contribution in [0.2, 0.25) is 0 Å². The summed E-state index contributed by atoms with van der Waals surface area (Å²) in [5.41, 5.74) is 4.88. The van der Waals surface area contributed by atoms with E-state index in [0.29, 0.717) is 6.04 Å². The number of hydrogen-bond donors (Lipinski definition) is 0. The van der Waals surface area contributed by atoms with Gasteiger partial charge in [0, 0.05) is 12.6 Å². The molecule has 0 amide bonds. The number of aryl methyl sites for hydroxylation is 1. The second-order valence-electron chi connectivity index (χ2n) is 5.89. The van der Waals surface area contributed by atoms with E-state index in [0.717, 1.165) is 24.9 Å². The average molecular weight is 276 g/mol. The number of fused-ring (bicyclic) bond motifs is 1. The van der Waals surface area contributed by atoms with Crippen LogP contribution in [0.25, 0.3) is 0 Å². The average Bonchev–Trinajstić information content (AvgIpc) is 2.67. The van der Waals surface area contributed by atoms with Gasteiger partial charge >= 0.3 is 0 Å². The Balaban J connectivity index is 1.78. The molecular formula is C19H20N2. The van der Waals surface area contributed by atoms with Crippen molar-refractivity contribution in [3.63, 3.8) is 0 Å². The molecule has 2 heteroatoms. The van der Waals surface area contributed by atoms with Crippen molar-refractivity contribution < 1.29 is 0 Å². The van der Waals surface area contributed by atoms with Gasteiger partial charge in [-0.25, -0.2) is 0 Å². The van der Waals surface area contributed by atoms with Gasteiger partial charge in [0.2, 0.25) is 0 Å². The zero-order valence-electron chi connectivity index (χ0n) is 12.4. The van der Waals surface area contributed by atoms with E-state index >= 15 is 0 Å². The second kappa shape index (κ2) is 6.11. The van der Waals surface area contributed by atoms with Crippen LogP contribution in [0.15, 0.2) is 48.5 Å². The van der Waals surface area contributed by atoms with Crippen LogP contribution < -0.4 is 0 Å².